The van der Waals surface area contributed by atoms with E-state index >= 15 is 0 Å². The van der Waals surface area contributed by atoms with Crippen molar-refractivity contribution >= 4 is 23.2 Å². The molecule has 0 aliphatic carbocycles. The lowest BCUT2D eigenvalue weighted by atomic mass is 9.99. The molecular weight excluding hydrogens is 347 g/mol. The van der Waals surface area contributed by atoms with Crippen molar-refractivity contribution in [2.24, 2.45) is 0 Å². The van der Waals surface area contributed by atoms with Crippen LogP contribution in [0.2, 0.25) is 0 Å². The number of carbonyl (C=O) groups is 2. The molecule has 3 N–H and O–H groups in total. The Balaban J connectivity index is 2.85. The zero-order valence-corrected chi connectivity index (χ0v) is 14.3. The number of alkyl halides is 3. The van der Waals surface area contributed by atoms with Crippen molar-refractivity contribution in [1.29, 1.82) is 0 Å². The molecular formula is C14H20F3N3O3S. The maximum absolute atomic E-state index is 13.3. The fourth-order valence-electron chi connectivity index (χ4n) is 1.83. The van der Waals surface area contributed by atoms with E-state index in [0.29, 0.717) is 30.0 Å². The Bertz CT molecular complexity index is 591. The molecule has 2 amide bonds. The van der Waals surface area contributed by atoms with Gasteiger partial charge in [0, 0.05) is 17.6 Å². The molecule has 2 atom stereocenters. The molecule has 6 nitrogen and oxygen atoms in total. The third-order valence-corrected chi connectivity index (χ3v) is 4.29. The Morgan fingerprint density at radius 1 is 1.42 bits per heavy atom. The normalized spacial score (nSPS) is 15.5. The summed E-state index contributed by atoms with van der Waals surface area (Å²) in [6.07, 6.45) is -5.67. The molecule has 24 heavy (non-hydrogen) atoms. The van der Waals surface area contributed by atoms with Gasteiger partial charge < -0.3 is 15.7 Å². The van der Waals surface area contributed by atoms with Gasteiger partial charge in [-0.3, -0.25) is 9.59 Å². The predicted octanol–water partition coefficient (Wildman–Crippen LogP) is 1.62. The highest BCUT2D eigenvalue weighted by Gasteiger charge is 2.58. The molecule has 136 valence electrons. The van der Waals surface area contributed by atoms with E-state index in [2.05, 4.69) is 15.6 Å². The SMILES string of the molecule is CCCNC(=O)C(C)NC(=O)CC(O)(c1nc(C)cs1)C(F)(F)F. The van der Waals surface area contributed by atoms with E-state index in [4.69, 9.17) is 0 Å². The van der Waals surface area contributed by atoms with Gasteiger partial charge in [-0.2, -0.15) is 13.2 Å². The van der Waals surface area contributed by atoms with E-state index in [1.165, 1.54) is 19.2 Å². The van der Waals surface area contributed by atoms with E-state index in [0.717, 1.165) is 0 Å². The standard InChI is InChI=1S/C14H20F3N3O3S/c1-4-5-18-11(22)9(3)20-10(21)6-13(23,14(15,16)17)12-19-8(2)7-24-12/h7,9,23H,4-6H2,1-3H3,(H,18,22)(H,20,21). The van der Waals surface area contributed by atoms with Gasteiger partial charge in [-0.25, -0.2) is 4.98 Å². The molecule has 0 radical (unpaired) electrons. The van der Waals surface area contributed by atoms with Crippen LogP contribution in [0.25, 0.3) is 0 Å². The number of hydrogen-bond donors (Lipinski definition) is 3. The average Bonchev–Trinajstić information content (AvgIpc) is 2.90. The van der Waals surface area contributed by atoms with Gasteiger partial charge in [-0.15, -0.1) is 11.3 Å². The van der Waals surface area contributed by atoms with Crippen LogP contribution < -0.4 is 10.6 Å². The summed E-state index contributed by atoms with van der Waals surface area (Å²) in [5.74, 6) is -1.60. The number of thiazole rings is 1. The highest BCUT2D eigenvalue weighted by atomic mass is 32.1. The van der Waals surface area contributed by atoms with Gasteiger partial charge in [-0.05, 0) is 20.3 Å². The minimum absolute atomic E-state index is 0.311. The Morgan fingerprint density at radius 3 is 2.50 bits per heavy atom. The topological polar surface area (TPSA) is 91.3 Å². The van der Waals surface area contributed by atoms with Gasteiger partial charge in [0.2, 0.25) is 17.4 Å². The summed E-state index contributed by atoms with van der Waals surface area (Å²) in [7, 11) is 0. The van der Waals surface area contributed by atoms with Crippen molar-refractivity contribution in [3.05, 3.63) is 16.1 Å². The molecule has 1 heterocycles. The second-order valence-electron chi connectivity index (χ2n) is 5.41. The van der Waals surface area contributed by atoms with Crippen molar-refractivity contribution < 1.29 is 27.9 Å². The maximum atomic E-state index is 13.3. The Hall–Kier alpha value is -1.68. The minimum atomic E-state index is -5.08. The summed E-state index contributed by atoms with van der Waals surface area (Å²) < 4.78 is 39.8. The summed E-state index contributed by atoms with van der Waals surface area (Å²) in [5.41, 5.74) is -3.08. The van der Waals surface area contributed by atoms with Crippen molar-refractivity contribution in [2.75, 3.05) is 6.54 Å². The molecule has 0 bridgehead atoms. The van der Waals surface area contributed by atoms with Crippen molar-refractivity contribution in [3.8, 4) is 0 Å². The van der Waals surface area contributed by atoms with Gasteiger partial charge in [-0.1, -0.05) is 6.92 Å². The Kier molecular flexibility index (Phi) is 6.73. The first kappa shape index (κ1) is 20.4. The molecule has 0 aromatic carbocycles. The molecule has 0 saturated heterocycles. The molecule has 0 fully saturated rings. The van der Waals surface area contributed by atoms with Crippen molar-refractivity contribution in [1.82, 2.24) is 15.6 Å². The number of hydrogen-bond acceptors (Lipinski definition) is 5. The van der Waals surface area contributed by atoms with Crippen LogP contribution in [0.3, 0.4) is 0 Å². The van der Waals surface area contributed by atoms with Crippen LogP contribution in [0.15, 0.2) is 5.38 Å². The van der Waals surface area contributed by atoms with Crippen molar-refractivity contribution in [2.45, 2.75) is 51.4 Å². The zero-order valence-electron chi connectivity index (χ0n) is 13.5. The smallest absolute Gasteiger partial charge is 0.374 e. The largest absolute Gasteiger partial charge is 0.424 e. The molecule has 2 unspecified atom stereocenters. The quantitative estimate of drug-likeness (QED) is 0.683. The van der Waals surface area contributed by atoms with Gasteiger partial charge >= 0.3 is 6.18 Å². The van der Waals surface area contributed by atoms with Crippen LogP contribution in [0.5, 0.6) is 0 Å². The number of halogens is 3. The van der Waals surface area contributed by atoms with E-state index in [9.17, 15) is 27.9 Å². The van der Waals surface area contributed by atoms with Gasteiger partial charge in [0.05, 0.1) is 6.42 Å². The number of rotatable bonds is 7. The van der Waals surface area contributed by atoms with Crippen molar-refractivity contribution in [3.63, 3.8) is 0 Å². The molecule has 0 aliphatic rings. The number of aromatic nitrogens is 1. The van der Waals surface area contributed by atoms with E-state index in [-0.39, 0.29) is 0 Å². The fraction of sp³-hybridized carbons (Fsp3) is 0.643. The summed E-state index contributed by atoms with van der Waals surface area (Å²) in [4.78, 5) is 27.2. The molecule has 1 aromatic heterocycles. The summed E-state index contributed by atoms with van der Waals surface area (Å²) in [5, 5.41) is 15.5. The summed E-state index contributed by atoms with van der Waals surface area (Å²) in [6, 6.07) is -1.01. The number of aryl methyl sites for hydroxylation is 1. The molecule has 1 aromatic rings. The minimum Gasteiger partial charge on any atom is -0.374 e. The lowest BCUT2D eigenvalue weighted by molar-refractivity contribution is -0.267. The van der Waals surface area contributed by atoms with Gasteiger partial charge in [0.25, 0.3) is 0 Å². The van der Waals surface area contributed by atoms with Crippen LogP contribution in [0.1, 0.15) is 37.4 Å². The average molecular weight is 367 g/mol. The number of carbonyl (C=O) groups excluding carboxylic acids is 2. The summed E-state index contributed by atoms with van der Waals surface area (Å²) >= 11 is 0.621. The Labute approximate surface area is 141 Å². The molecule has 0 saturated carbocycles. The lowest BCUT2D eigenvalue weighted by Crippen LogP contribution is -2.50. The molecule has 10 heteroatoms. The zero-order chi connectivity index (χ0) is 18.5. The number of nitrogens with one attached hydrogen (secondary N) is 2. The Morgan fingerprint density at radius 2 is 2.04 bits per heavy atom. The van der Waals surface area contributed by atoms with Crippen LogP contribution in [-0.2, 0) is 15.2 Å². The van der Waals surface area contributed by atoms with Crippen LogP contribution in [-0.4, -0.2) is 40.7 Å². The van der Waals surface area contributed by atoms with E-state index in [1.807, 2.05) is 6.92 Å². The molecule has 0 spiro atoms. The van der Waals surface area contributed by atoms with Crippen LogP contribution >= 0.6 is 11.3 Å². The second-order valence-corrected chi connectivity index (χ2v) is 6.27. The highest BCUT2D eigenvalue weighted by molar-refractivity contribution is 7.09. The number of amides is 2. The third kappa shape index (κ3) is 4.91. The monoisotopic (exact) mass is 367 g/mol. The summed E-state index contributed by atoms with van der Waals surface area (Å²) in [6.45, 7) is 5.06. The molecule has 1 rings (SSSR count). The van der Waals surface area contributed by atoms with Crippen LogP contribution in [0.4, 0.5) is 13.2 Å². The maximum Gasteiger partial charge on any atom is 0.424 e. The second kappa shape index (κ2) is 7.93. The number of nitrogens with zero attached hydrogens (tertiary/aromatic N) is 1. The first-order valence-corrected chi connectivity index (χ1v) is 8.18. The van der Waals surface area contributed by atoms with E-state index < -0.39 is 41.1 Å². The van der Waals surface area contributed by atoms with Gasteiger partial charge in [0.1, 0.15) is 11.0 Å². The first-order chi connectivity index (χ1) is 11.0. The number of aliphatic hydroxyl groups is 1. The highest BCUT2D eigenvalue weighted by Crippen LogP contribution is 2.42. The first-order valence-electron chi connectivity index (χ1n) is 7.30. The third-order valence-electron chi connectivity index (χ3n) is 3.18. The fourth-order valence-corrected chi connectivity index (χ4v) is 2.75. The predicted molar refractivity (Wildman–Crippen MR) is 82.3 cm³/mol. The lowest BCUT2D eigenvalue weighted by Gasteiger charge is -2.28. The van der Waals surface area contributed by atoms with E-state index in [1.54, 1.807) is 0 Å². The molecule has 0 aliphatic heterocycles. The van der Waals surface area contributed by atoms with Crippen LogP contribution in [0, 0.1) is 6.92 Å². The van der Waals surface area contributed by atoms with Gasteiger partial charge in [0.15, 0.2) is 0 Å².